The van der Waals surface area contributed by atoms with Crippen molar-refractivity contribution in [2.24, 2.45) is 5.73 Å². The summed E-state index contributed by atoms with van der Waals surface area (Å²) in [4.78, 5) is 44.7. The smallest absolute Gasteiger partial charge is 0.251 e. The molecule has 2 amide bonds. The Bertz CT molecular complexity index is 951. The summed E-state index contributed by atoms with van der Waals surface area (Å²) in [6.07, 6.45) is 5.43. The molecule has 0 spiro atoms. The highest BCUT2D eigenvalue weighted by atomic mass is 32.2. The molecule has 2 aromatic rings. The van der Waals surface area contributed by atoms with Gasteiger partial charge in [-0.25, -0.2) is 4.98 Å². The lowest BCUT2D eigenvalue weighted by Crippen LogP contribution is -2.25. The number of aryl methyl sites for hydroxylation is 2. The van der Waals surface area contributed by atoms with E-state index in [0.29, 0.717) is 27.8 Å². The van der Waals surface area contributed by atoms with E-state index in [4.69, 9.17) is 5.73 Å². The number of nitrogens with zero attached hydrogens (tertiary/aromatic N) is 1. The van der Waals surface area contributed by atoms with Gasteiger partial charge in [-0.05, 0) is 44.6 Å². The molecule has 2 aromatic heterocycles. The largest absolute Gasteiger partial charge is 0.365 e. The van der Waals surface area contributed by atoms with Gasteiger partial charge < -0.3 is 16.0 Å². The maximum Gasteiger partial charge on any atom is 0.251 e. The maximum atomic E-state index is 12.7. The van der Waals surface area contributed by atoms with Gasteiger partial charge in [0.25, 0.3) is 11.5 Å². The van der Waals surface area contributed by atoms with Crippen LogP contribution in [0.5, 0.6) is 0 Å². The lowest BCUT2D eigenvalue weighted by molar-refractivity contribution is -0.115. The van der Waals surface area contributed by atoms with E-state index in [1.165, 1.54) is 29.2 Å². The number of aromatic amines is 1. The fourth-order valence-electron chi connectivity index (χ4n) is 3.27. The van der Waals surface area contributed by atoms with Crippen LogP contribution in [-0.4, -0.2) is 27.0 Å². The van der Waals surface area contributed by atoms with Gasteiger partial charge in [0, 0.05) is 16.6 Å². The second-order valence-electron chi connectivity index (χ2n) is 6.82. The standard InChI is InChI=1S/C19H24N4O3S2/c1-3-6-11-9-14(24)22-19(21-11)27-10(2)17(26)23-18-15(16(20)25)12-7-4-5-8-13(12)28-18/h9-10H,3-8H2,1-2H3,(H2,20,25)(H,23,26)(H,21,22,24). The Morgan fingerprint density at radius 3 is 2.86 bits per heavy atom. The van der Waals surface area contributed by atoms with Crippen LogP contribution in [0.3, 0.4) is 0 Å². The molecule has 0 bridgehead atoms. The molecule has 2 heterocycles. The molecule has 150 valence electrons. The minimum atomic E-state index is -0.506. The lowest BCUT2D eigenvalue weighted by Gasteiger charge is -2.12. The molecule has 0 saturated carbocycles. The van der Waals surface area contributed by atoms with E-state index in [9.17, 15) is 14.4 Å². The van der Waals surface area contributed by atoms with E-state index in [0.717, 1.165) is 42.5 Å². The summed E-state index contributed by atoms with van der Waals surface area (Å²) in [5, 5.41) is 3.30. The predicted octanol–water partition coefficient (Wildman–Crippen LogP) is 2.88. The topological polar surface area (TPSA) is 118 Å². The molecule has 28 heavy (non-hydrogen) atoms. The van der Waals surface area contributed by atoms with Gasteiger partial charge in [-0.15, -0.1) is 11.3 Å². The third kappa shape index (κ3) is 4.64. The Morgan fingerprint density at radius 1 is 1.39 bits per heavy atom. The van der Waals surface area contributed by atoms with E-state index in [1.807, 2.05) is 6.92 Å². The number of primary amides is 1. The zero-order valence-electron chi connectivity index (χ0n) is 16.0. The number of carbonyl (C=O) groups is 2. The molecule has 0 aromatic carbocycles. The van der Waals surface area contributed by atoms with Crippen LogP contribution in [0.1, 0.15) is 59.6 Å². The van der Waals surface area contributed by atoms with E-state index >= 15 is 0 Å². The fourth-order valence-corrected chi connectivity index (χ4v) is 5.40. The van der Waals surface area contributed by atoms with Crippen LogP contribution in [-0.2, 0) is 24.1 Å². The monoisotopic (exact) mass is 420 g/mol. The number of rotatable bonds is 7. The second-order valence-corrected chi connectivity index (χ2v) is 9.26. The Labute approximate surface area is 171 Å². The molecule has 1 unspecified atom stereocenters. The second kappa shape index (κ2) is 8.91. The van der Waals surface area contributed by atoms with Crippen molar-refractivity contribution in [3.8, 4) is 0 Å². The summed E-state index contributed by atoms with van der Waals surface area (Å²) >= 11 is 2.62. The van der Waals surface area contributed by atoms with Gasteiger partial charge in [-0.2, -0.15) is 0 Å². The first-order valence-electron chi connectivity index (χ1n) is 9.41. The number of H-pyrrole nitrogens is 1. The number of aromatic nitrogens is 2. The number of anilines is 1. The van der Waals surface area contributed by atoms with Gasteiger partial charge in [-0.1, -0.05) is 25.1 Å². The minimum absolute atomic E-state index is 0.226. The Hall–Kier alpha value is -2.13. The molecule has 9 heteroatoms. The van der Waals surface area contributed by atoms with Crippen LogP contribution in [0.15, 0.2) is 16.0 Å². The van der Waals surface area contributed by atoms with Crippen molar-refractivity contribution in [2.75, 3.05) is 5.32 Å². The predicted molar refractivity (Wildman–Crippen MR) is 112 cm³/mol. The molecule has 1 aliphatic carbocycles. The summed E-state index contributed by atoms with van der Waals surface area (Å²) < 4.78 is 0. The van der Waals surface area contributed by atoms with E-state index in [2.05, 4.69) is 15.3 Å². The van der Waals surface area contributed by atoms with Crippen molar-refractivity contribution >= 4 is 39.9 Å². The van der Waals surface area contributed by atoms with Gasteiger partial charge in [0.1, 0.15) is 5.00 Å². The average Bonchev–Trinajstić information content (AvgIpc) is 2.99. The van der Waals surface area contributed by atoms with Crippen LogP contribution < -0.4 is 16.6 Å². The molecule has 0 fully saturated rings. The van der Waals surface area contributed by atoms with E-state index in [1.54, 1.807) is 6.92 Å². The SMILES string of the molecule is CCCc1cc(=O)[nH]c(SC(C)C(=O)Nc2sc3c(c2C(N)=O)CCCC3)n1. The number of amides is 2. The molecule has 1 atom stereocenters. The van der Waals surface area contributed by atoms with Crippen LogP contribution in [0, 0.1) is 0 Å². The number of carbonyl (C=O) groups excluding carboxylic acids is 2. The van der Waals surface area contributed by atoms with Crippen molar-refractivity contribution in [1.82, 2.24) is 9.97 Å². The third-order valence-corrected chi connectivity index (χ3v) is 6.78. The highest BCUT2D eigenvalue weighted by Gasteiger charge is 2.26. The number of hydrogen-bond acceptors (Lipinski definition) is 6. The summed E-state index contributed by atoms with van der Waals surface area (Å²) in [5.41, 5.74) is 7.50. The molecule has 0 radical (unpaired) electrons. The maximum absolute atomic E-state index is 12.7. The van der Waals surface area contributed by atoms with E-state index < -0.39 is 11.2 Å². The summed E-state index contributed by atoms with van der Waals surface area (Å²) in [7, 11) is 0. The highest BCUT2D eigenvalue weighted by Crippen LogP contribution is 2.38. The fraction of sp³-hybridized carbons (Fsp3) is 0.474. The minimum Gasteiger partial charge on any atom is -0.365 e. The first kappa shape index (κ1) is 20.6. The van der Waals surface area contributed by atoms with Crippen molar-refractivity contribution in [3.05, 3.63) is 38.1 Å². The van der Waals surface area contributed by atoms with Crippen molar-refractivity contribution in [1.29, 1.82) is 0 Å². The van der Waals surface area contributed by atoms with E-state index in [-0.39, 0.29) is 11.5 Å². The Morgan fingerprint density at radius 2 is 2.14 bits per heavy atom. The average molecular weight is 421 g/mol. The first-order valence-corrected chi connectivity index (χ1v) is 11.1. The van der Waals surface area contributed by atoms with Gasteiger partial charge in [0.2, 0.25) is 5.91 Å². The van der Waals surface area contributed by atoms with Gasteiger partial charge in [-0.3, -0.25) is 14.4 Å². The first-order chi connectivity index (χ1) is 13.4. The molecular formula is C19H24N4O3S2. The van der Waals surface area contributed by atoms with Gasteiger partial charge >= 0.3 is 0 Å². The van der Waals surface area contributed by atoms with Crippen LogP contribution in [0.4, 0.5) is 5.00 Å². The molecule has 0 saturated heterocycles. The summed E-state index contributed by atoms with van der Waals surface area (Å²) in [6.45, 7) is 3.76. The number of hydrogen-bond donors (Lipinski definition) is 3. The molecule has 0 aliphatic heterocycles. The number of thiophene rings is 1. The molecule has 3 rings (SSSR count). The molecule has 1 aliphatic rings. The number of fused-ring (bicyclic) bond motifs is 1. The zero-order valence-corrected chi connectivity index (χ0v) is 17.6. The highest BCUT2D eigenvalue weighted by molar-refractivity contribution is 8.00. The number of nitrogens with one attached hydrogen (secondary N) is 2. The molecule has 4 N–H and O–H groups in total. The molecule has 7 nitrogen and oxygen atoms in total. The van der Waals surface area contributed by atoms with Crippen LogP contribution in [0.2, 0.25) is 0 Å². The van der Waals surface area contributed by atoms with Gasteiger partial charge in [0.05, 0.1) is 10.8 Å². The summed E-state index contributed by atoms with van der Waals surface area (Å²) in [5.74, 6) is -0.761. The van der Waals surface area contributed by atoms with Crippen LogP contribution in [0.25, 0.3) is 0 Å². The van der Waals surface area contributed by atoms with Crippen molar-refractivity contribution in [2.45, 2.75) is 62.8 Å². The van der Waals surface area contributed by atoms with Crippen molar-refractivity contribution < 1.29 is 9.59 Å². The summed E-state index contributed by atoms with van der Waals surface area (Å²) in [6, 6.07) is 1.48. The van der Waals surface area contributed by atoms with Crippen LogP contribution >= 0.6 is 23.1 Å². The quantitative estimate of drug-likeness (QED) is 0.470. The molecular weight excluding hydrogens is 396 g/mol. The third-order valence-electron chi connectivity index (χ3n) is 4.59. The Balaban J connectivity index is 1.76. The number of nitrogens with two attached hydrogens (primary N) is 1. The van der Waals surface area contributed by atoms with Crippen molar-refractivity contribution in [3.63, 3.8) is 0 Å². The normalized spacial score (nSPS) is 14.4. The van der Waals surface area contributed by atoms with Gasteiger partial charge in [0.15, 0.2) is 5.16 Å². The number of thioether (sulfide) groups is 1. The lowest BCUT2D eigenvalue weighted by atomic mass is 9.95. The zero-order chi connectivity index (χ0) is 20.3. The Kier molecular flexibility index (Phi) is 6.56.